The van der Waals surface area contributed by atoms with Gasteiger partial charge in [-0.3, -0.25) is 9.11 Å². The Morgan fingerprint density at radius 2 is 1.37 bits per heavy atom. The lowest BCUT2D eigenvalue weighted by Gasteiger charge is -2.63. The molecule has 2 N–H and O–H groups in total. The molecule has 0 heterocycles. The summed E-state index contributed by atoms with van der Waals surface area (Å²) in [6, 6.07) is 10.5. The van der Waals surface area contributed by atoms with Crippen LogP contribution in [0.1, 0.15) is 133 Å². The van der Waals surface area contributed by atoms with Crippen molar-refractivity contribution in [1.82, 2.24) is 0 Å². The van der Waals surface area contributed by atoms with Crippen LogP contribution >= 0.6 is 0 Å². The fourth-order valence-corrected chi connectivity index (χ4v) is 13.7. The van der Waals surface area contributed by atoms with E-state index in [2.05, 4.69) is 40.7 Å². The molecule has 10 atom stereocenters. The summed E-state index contributed by atoms with van der Waals surface area (Å²) in [6.45, 7) is 15.7. The first kappa shape index (κ1) is 36.8. The lowest BCUT2D eigenvalue weighted by Crippen LogP contribution is -2.55. The van der Waals surface area contributed by atoms with Crippen LogP contribution in [0.2, 0.25) is 0 Å². The number of aryl methyl sites for hydroxylation is 2. The molecular formula is C41H58O6S2. The van der Waals surface area contributed by atoms with Gasteiger partial charge in [-0.1, -0.05) is 67.8 Å². The quantitative estimate of drug-likeness (QED) is 0.209. The summed E-state index contributed by atoms with van der Waals surface area (Å²) < 4.78 is 71.8. The van der Waals surface area contributed by atoms with Gasteiger partial charge in [0.2, 0.25) is 0 Å². The summed E-state index contributed by atoms with van der Waals surface area (Å²) in [5.74, 6) is 2.77. The molecule has 6 rings (SSSR count). The number of hydrogen-bond acceptors (Lipinski definition) is 4. The Kier molecular flexibility index (Phi) is 9.91. The summed E-state index contributed by atoms with van der Waals surface area (Å²) >= 11 is 0. The average Bonchev–Trinajstić information content (AvgIpc) is 3.36. The van der Waals surface area contributed by atoms with Crippen molar-refractivity contribution in [2.45, 2.75) is 134 Å². The van der Waals surface area contributed by atoms with Crippen LogP contribution in [0.3, 0.4) is 0 Å². The van der Waals surface area contributed by atoms with Crippen LogP contribution in [0.5, 0.6) is 0 Å². The van der Waals surface area contributed by atoms with Crippen molar-refractivity contribution in [1.29, 1.82) is 0 Å². The number of benzene rings is 2. The molecule has 0 bridgehead atoms. The van der Waals surface area contributed by atoms with Gasteiger partial charge in [-0.15, -0.1) is 0 Å². The van der Waals surface area contributed by atoms with Gasteiger partial charge in [0.25, 0.3) is 20.2 Å². The molecule has 0 spiro atoms. The van der Waals surface area contributed by atoms with Gasteiger partial charge >= 0.3 is 0 Å². The standard InChI is InChI=1S/C41H58O6S2/c1-25(2)9-8-10-28(5)34-13-14-35-33-24-31(32-22-27(4)12-16-39(32)49(45,46)47)37-23-29(30-21-26(3)11-15-38(30)48(42,43)44)17-19-41(37,7)36(33)18-20-40(34,35)6/h9,11-12,15-16,21-22,28-29,31,33-37H,8,10,13-14,17-20,23-24H2,1-7H3,(H,42,43,44)(H,45,46,47)/t28-,29-,31-,33+,34-,35+,36+,37+,40-,41-/m1/s1. The monoisotopic (exact) mass is 710 g/mol. The maximum absolute atomic E-state index is 12.9. The van der Waals surface area contributed by atoms with E-state index in [1.54, 1.807) is 18.2 Å². The molecule has 0 aliphatic heterocycles. The zero-order chi connectivity index (χ0) is 35.7. The van der Waals surface area contributed by atoms with Crippen LogP contribution in [-0.4, -0.2) is 25.9 Å². The van der Waals surface area contributed by atoms with Gasteiger partial charge in [-0.25, -0.2) is 0 Å². The minimum Gasteiger partial charge on any atom is -0.282 e. The summed E-state index contributed by atoms with van der Waals surface area (Å²) in [7, 11) is -8.88. The van der Waals surface area contributed by atoms with Gasteiger partial charge < -0.3 is 0 Å². The Balaban J connectivity index is 1.42. The van der Waals surface area contributed by atoms with Gasteiger partial charge in [0.1, 0.15) is 0 Å². The molecule has 4 aliphatic rings. The van der Waals surface area contributed by atoms with Gasteiger partial charge in [-0.2, -0.15) is 16.8 Å². The van der Waals surface area contributed by atoms with E-state index in [0.717, 1.165) is 36.8 Å². The predicted octanol–water partition coefficient (Wildman–Crippen LogP) is 10.3. The summed E-state index contributed by atoms with van der Waals surface area (Å²) in [6.07, 6.45) is 12.9. The van der Waals surface area contributed by atoms with Crippen LogP contribution in [0.4, 0.5) is 0 Å². The number of fused-ring (bicyclic) bond motifs is 5. The maximum Gasteiger partial charge on any atom is 0.294 e. The molecule has 6 nitrogen and oxygen atoms in total. The largest absolute Gasteiger partial charge is 0.294 e. The molecule has 4 saturated carbocycles. The highest BCUT2D eigenvalue weighted by molar-refractivity contribution is 7.86. The number of hydrogen-bond donors (Lipinski definition) is 2. The zero-order valence-corrected chi connectivity index (χ0v) is 32.2. The molecule has 0 aromatic heterocycles. The van der Waals surface area contributed by atoms with Crippen LogP contribution in [0, 0.1) is 60.2 Å². The lowest BCUT2D eigenvalue weighted by molar-refractivity contribution is -0.126. The molecule has 2 aromatic carbocycles. The van der Waals surface area contributed by atoms with E-state index in [-0.39, 0.29) is 38.4 Å². The van der Waals surface area contributed by atoms with Gasteiger partial charge in [0.05, 0.1) is 9.79 Å². The maximum atomic E-state index is 12.9. The molecule has 270 valence electrons. The van der Waals surface area contributed by atoms with Crippen LogP contribution < -0.4 is 0 Å². The fourth-order valence-electron chi connectivity index (χ4n) is 12.2. The molecule has 4 fully saturated rings. The first-order valence-electron chi connectivity index (χ1n) is 18.6. The number of rotatable bonds is 8. The molecule has 0 saturated heterocycles. The predicted molar refractivity (Wildman–Crippen MR) is 196 cm³/mol. The van der Waals surface area contributed by atoms with Crippen molar-refractivity contribution in [3.05, 3.63) is 70.3 Å². The molecule has 8 heteroatoms. The summed E-state index contributed by atoms with van der Waals surface area (Å²) in [5, 5.41) is 0. The van der Waals surface area contributed by atoms with Gasteiger partial charge in [0, 0.05) is 0 Å². The van der Waals surface area contributed by atoms with E-state index < -0.39 is 20.2 Å². The molecule has 0 amide bonds. The summed E-state index contributed by atoms with van der Waals surface area (Å²) in [5.41, 5.74) is 4.86. The van der Waals surface area contributed by atoms with Gasteiger partial charge in [0.15, 0.2) is 0 Å². The van der Waals surface area contributed by atoms with Gasteiger partial charge in [-0.05, 0) is 173 Å². The Morgan fingerprint density at radius 3 is 1.98 bits per heavy atom. The second-order valence-electron chi connectivity index (χ2n) is 17.4. The first-order valence-corrected chi connectivity index (χ1v) is 21.5. The van der Waals surface area contributed by atoms with Crippen molar-refractivity contribution in [3.8, 4) is 0 Å². The normalized spacial score (nSPS) is 35.2. The third kappa shape index (κ3) is 6.73. The Bertz CT molecular complexity index is 1830. The highest BCUT2D eigenvalue weighted by Gasteiger charge is 2.63. The van der Waals surface area contributed by atoms with Crippen molar-refractivity contribution in [2.24, 2.45) is 46.3 Å². The van der Waals surface area contributed by atoms with Crippen molar-refractivity contribution < 1.29 is 25.9 Å². The topological polar surface area (TPSA) is 109 Å². The first-order chi connectivity index (χ1) is 22.8. The van der Waals surface area contributed by atoms with Crippen LogP contribution in [0.25, 0.3) is 0 Å². The molecule has 49 heavy (non-hydrogen) atoms. The highest BCUT2D eigenvalue weighted by Crippen LogP contribution is 2.71. The minimum absolute atomic E-state index is 0.0102. The van der Waals surface area contributed by atoms with Crippen molar-refractivity contribution >= 4 is 20.2 Å². The Hall–Kier alpha value is -2.00. The molecule has 4 aliphatic carbocycles. The smallest absolute Gasteiger partial charge is 0.282 e. The van der Waals surface area contributed by atoms with E-state index >= 15 is 0 Å². The SMILES string of the molecule is CC(C)=CCC[C@@H](C)[C@H]1CC[C@H]2[C@@H]3C[C@H](c4cc(C)ccc4S(=O)(=O)O)[C@@H]4C[C@H](c5cc(C)ccc5S(=O)(=O)O)CC[C@]4(C)[C@H]3CC[C@]12C. The fraction of sp³-hybridized carbons (Fsp3) is 0.659. The van der Waals surface area contributed by atoms with E-state index in [1.807, 2.05) is 26.0 Å². The van der Waals surface area contributed by atoms with E-state index in [9.17, 15) is 25.9 Å². The zero-order valence-electron chi connectivity index (χ0n) is 30.6. The van der Waals surface area contributed by atoms with E-state index in [0.29, 0.717) is 47.1 Å². The molecule has 2 aromatic rings. The number of allylic oxidation sites excluding steroid dienone is 2. The molecular weight excluding hydrogens is 653 g/mol. The second kappa shape index (κ2) is 13.2. The Morgan fingerprint density at radius 1 is 0.796 bits per heavy atom. The third-order valence-electron chi connectivity index (χ3n) is 14.4. The molecule has 0 radical (unpaired) electrons. The average molecular weight is 711 g/mol. The van der Waals surface area contributed by atoms with E-state index in [1.165, 1.54) is 43.7 Å². The van der Waals surface area contributed by atoms with Crippen LogP contribution in [-0.2, 0) is 20.2 Å². The Labute approximate surface area is 296 Å². The lowest BCUT2D eigenvalue weighted by atomic mass is 9.41. The van der Waals surface area contributed by atoms with E-state index in [4.69, 9.17) is 0 Å². The second-order valence-corrected chi connectivity index (χ2v) is 20.2. The third-order valence-corrected chi connectivity index (χ3v) is 16.2. The minimum atomic E-state index is -4.47. The van der Waals surface area contributed by atoms with Crippen molar-refractivity contribution in [2.75, 3.05) is 0 Å². The van der Waals surface area contributed by atoms with Crippen LogP contribution in [0.15, 0.2) is 57.8 Å². The highest BCUT2D eigenvalue weighted by atomic mass is 32.2. The van der Waals surface area contributed by atoms with Crippen molar-refractivity contribution in [3.63, 3.8) is 0 Å². The molecule has 0 unspecified atom stereocenters. The summed E-state index contributed by atoms with van der Waals surface area (Å²) in [4.78, 5) is -0.00812.